The molecule has 2 amide bonds. The number of carbonyl (C=O) groups excluding carboxylic acids is 2. The molecule has 0 saturated heterocycles. The summed E-state index contributed by atoms with van der Waals surface area (Å²) >= 11 is 0. The van der Waals surface area contributed by atoms with Crippen molar-refractivity contribution in [1.82, 2.24) is 10.2 Å². The second-order valence-electron chi connectivity index (χ2n) is 3.89. The van der Waals surface area contributed by atoms with E-state index in [1.54, 1.807) is 26.2 Å². The first-order valence-corrected chi connectivity index (χ1v) is 5.30. The van der Waals surface area contributed by atoms with Crippen LogP contribution in [0.4, 0.5) is 0 Å². The van der Waals surface area contributed by atoms with E-state index >= 15 is 0 Å². The van der Waals surface area contributed by atoms with Crippen LogP contribution in [-0.2, 0) is 9.59 Å². The van der Waals surface area contributed by atoms with E-state index in [1.807, 2.05) is 18.2 Å². The zero-order chi connectivity index (χ0) is 12.8. The molecule has 0 fully saturated rings. The molecule has 0 aliphatic rings. The Morgan fingerprint density at radius 2 is 1.83 bits per heavy atom. The molecule has 3 N–H and O–H groups in total. The van der Waals surface area contributed by atoms with Gasteiger partial charge in [-0.15, -0.1) is 12.4 Å². The number of carbonyl (C=O) groups is 2. The highest BCUT2D eigenvalue weighted by molar-refractivity contribution is 5.87. The van der Waals surface area contributed by atoms with Gasteiger partial charge in [0.05, 0.1) is 6.54 Å². The normalized spacial score (nSPS) is 11.1. The monoisotopic (exact) mass is 271 g/mol. The highest BCUT2D eigenvalue weighted by atomic mass is 35.5. The van der Waals surface area contributed by atoms with E-state index in [2.05, 4.69) is 5.32 Å². The SMILES string of the molecule is CN(C)C(=O)CNC(=O)C(N)c1ccccc1.Cl. The van der Waals surface area contributed by atoms with Gasteiger partial charge in [-0.25, -0.2) is 0 Å². The van der Waals surface area contributed by atoms with Crippen LogP contribution in [0.5, 0.6) is 0 Å². The van der Waals surface area contributed by atoms with Crippen LogP contribution >= 0.6 is 12.4 Å². The Balaban J connectivity index is 0.00000289. The Labute approximate surface area is 113 Å². The van der Waals surface area contributed by atoms with Gasteiger partial charge in [-0.3, -0.25) is 9.59 Å². The zero-order valence-electron chi connectivity index (χ0n) is 10.4. The number of nitrogens with one attached hydrogen (secondary N) is 1. The standard InChI is InChI=1S/C12H17N3O2.ClH/c1-15(2)10(16)8-14-12(17)11(13)9-6-4-3-5-7-9;/h3-7,11H,8,13H2,1-2H3,(H,14,17);1H. The molecule has 0 spiro atoms. The lowest BCUT2D eigenvalue weighted by Gasteiger charge is -2.14. The summed E-state index contributed by atoms with van der Waals surface area (Å²) < 4.78 is 0. The maximum atomic E-state index is 11.7. The molecule has 1 atom stereocenters. The highest BCUT2D eigenvalue weighted by Crippen LogP contribution is 2.08. The molecule has 0 radical (unpaired) electrons. The predicted molar refractivity (Wildman–Crippen MR) is 72.3 cm³/mol. The third-order valence-corrected chi connectivity index (χ3v) is 2.35. The first-order chi connectivity index (χ1) is 8.02. The van der Waals surface area contributed by atoms with Crippen LogP contribution in [-0.4, -0.2) is 37.4 Å². The van der Waals surface area contributed by atoms with Crippen molar-refractivity contribution >= 4 is 24.2 Å². The maximum Gasteiger partial charge on any atom is 0.241 e. The number of nitrogens with two attached hydrogens (primary N) is 1. The number of halogens is 1. The topological polar surface area (TPSA) is 75.4 Å². The number of hydrogen-bond acceptors (Lipinski definition) is 3. The van der Waals surface area contributed by atoms with E-state index in [-0.39, 0.29) is 30.8 Å². The van der Waals surface area contributed by atoms with Crippen LogP contribution < -0.4 is 11.1 Å². The predicted octanol–water partition coefficient (Wildman–Crippen LogP) is 0.313. The summed E-state index contributed by atoms with van der Waals surface area (Å²) in [6.07, 6.45) is 0. The Hall–Kier alpha value is -1.59. The van der Waals surface area contributed by atoms with Gasteiger partial charge >= 0.3 is 0 Å². The molecule has 18 heavy (non-hydrogen) atoms. The van der Waals surface area contributed by atoms with Crippen molar-refractivity contribution < 1.29 is 9.59 Å². The highest BCUT2D eigenvalue weighted by Gasteiger charge is 2.16. The summed E-state index contributed by atoms with van der Waals surface area (Å²) in [6.45, 7) is -0.0354. The fourth-order valence-corrected chi connectivity index (χ4v) is 1.24. The minimum Gasteiger partial charge on any atom is -0.347 e. The average Bonchev–Trinajstić information content (AvgIpc) is 2.35. The Kier molecular flexibility index (Phi) is 7.00. The van der Waals surface area contributed by atoms with Crippen LogP contribution in [0, 0.1) is 0 Å². The summed E-state index contributed by atoms with van der Waals surface area (Å²) in [5.74, 6) is -0.523. The van der Waals surface area contributed by atoms with Crippen LogP contribution in [0.15, 0.2) is 30.3 Å². The number of amides is 2. The Morgan fingerprint density at radius 1 is 1.28 bits per heavy atom. The molecule has 0 bridgehead atoms. The molecule has 1 aromatic carbocycles. The van der Waals surface area contributed by atoms with Crippen LogP contribution in [0.25, 0.3) is 0 Å². The molecule has 0 aliphatic heterocycles. The molecule has 0 aromatic heterocycles. The van der Waals surface area contributed by atoms with Gasteiger partial charge in [-0.1, -0.05) is 30.3 Å². The summed E-state index contributed by atoms with van der Waals surface area (Å²) in [5, 5.41) is 2.51. The molecule has 1 aromatic rings. The molecular weight excluding hydrogens is 254 g/mol. The zero-order valence-corrected chi connectivity index (χ0v) is 11.2. The fourth-order valence-electron chi connectivity index (χ4n) is 1.24. The third-order valence-electron chi connectivity index (χ3n) is 2.35. The fraction of sp³-hybridized carbons (Fsp3) is 0.333. The van der Waals surface area contributed by atoms with Gasteiger partial charge in [0.2, 0.25) is 11.8 Å². The first kappa shape index (κ1) is 16.4. The molecule has 1 unspecified atom stereocenters. The largest absolute Gasteiger partial charge is 0.347 e. The summed E-state index contributed by atoms with van der Waals surface area (Å²) in [4.78, 5) is 24.4. The lowest BCUT2D eigenvalue weighted by molar-refractivity contribution is -0.131. The molecule has 0 heterocycles. The quantitative estimate of drug-likeness (QED) is 0.828. The minimum atomic E-state index is -0.744. The molecule has 100 valence electrons. The van der Waals surface area contributed by atoms with Crippen molar-refractivity contribution in [3.8, 4) is 0 Å². The van der Waals surface area contributed by atoms with Gasteiger partial charge in [0.25, 0.3) is 0 Å². The van der Waals surface area contributed by atoms with Crippen LogP contribution in [0.2, 0.25) is 0 Å². The van der Waals surface area contributed by atoms with Gasteiger partial charge in [0, 0.05) is 14.1 Å². The maximum absolute atomic E-state index is 11.7. The van der Waals surface area contributed by atoms with E-state index in [1.165, 1.54) is 4.90 Å². The number of likely N-dealkylation sites (N-methyl/N-ethyl adjacent to an activating group) is 1. The molecule has 1 rings (SSSR count). The third kappa shape index (κ3) is 4.73. The smallest absolute Gasteiger partial charge is 0.241 e. The van der Waals surface area contributed by atoms with Crippen molar-refractivity contribution in [2.75, 3.05) is 20.6 Å². The number of nitrogens with zero attached hydrogens (tertiary/aromatic N) is 1. The lowest BCUT2D eigenvalue weighted by atomic mass is 10.1. The van der Waals surface area contributed by atoms with Crippen molar-refractivity contribution in [3.63, 3.8) is 0 Å². The summed E-state index contributed by atoms with van der Waals surface area (Å²) in [7, 11) is 3.26. The molecule has 0 aliphatic carbocycles. The second-order valence-corrected chi connectivity index (χ2v) is 3.89. The van der Waals surface area contributed by atoms with Gasteiger partial charge < -0.3 is 16.0 Å². The summed E-state index contributed by atoms with van der Waals surface area (Å²) in [6, 6.07) is 8.28. The van der Waals surface area contributed by atoms with E-state index in [0.29, 0.717) is 0 Å². The first-order valence-electron chi connectivity index (χ1n) is 5.30. The van der Waals surface area contributed by atoms with E-state index in [9.17, 15) is 9.59 Å². The van der Waals surface area contributed by atoms with E-state index in [4.69, 9.17) is 5.73 Å². The van der Waals surface area contributed by atoms with Gasteiger partial charge in [-0.05, 0) is 5.56 Å². The van der Waals surface area contributed by atoms with E-state index < -0.39 is 6.04 Å². The van der Waals surface area contributed by atoms with Crippen LogP contribution in [0.3, 0.4) is 0 Å². The summed E-state index contributed by atoms with van der Waals surface area (Å²) in [5.41, 5.74) is 6.49. The molecule has 5 nitrogen and oxygen atoms in total. The van der Waals surface area contributed by atoms with Gasteiger partial charge in [0.1, 0.15) is 6.04 Å². The lowest BCUT2D eigenvalue weighted by Crippen LogP contribution is -2.40. The van der Waals surface area contributed by atoms with E-state index in [0.717, 1.165) is 5.56 Å². The second kappa shape index (κ2) is 7.68. The van der Waals surface area contributed by atoms with Crippen molar-refractivity contribution in [3.05, 3.63) is 35.9 Å². The Bertz CT molecular complexity index is 396. The minimum absolute atomic E-state index is 0. The van der Waals surface area contributed by atoms with Crippen molar-refractivity contribution in [2.24, 2.45) is 5.73 Å². The molecule has 0 saturated carbocycles. The van der Waals surface area contributed by atoms with Crippen molar-refractivity contribution in [2.45, 2.75) is 6.04 Å². The van der Waals surface area contributed by atoms with Gasteiger partial charge in [-0.2, -0.15) is 0 Å². The Morgan fingerprint density at radius 3 is 2.33 bits per heavy atom. The number of benzene rings is 1. The molecular formula is C12H18ClN3O2. The molecule has 6 heteroatoms. The van der Waals surface area contributed by atoms with Gasteiger partial charge in [0.15, 0.2) is 0 Å². The number of hydrogen-bond donors (Lipinski definition) is 2. The van der Waals surface area contributed by atoms with Crippen molar-refractivity contribution in [1.29, 1.82) is 0 Å². The average molecular weight is 272 g/mol. The van der Waals surface area contributed by atoms with Crippen LogP contribution in [0.1, 0.15) is 11.6 Å². The number of rotatable bonds is 4.